The first-order chi connectivity index (χ1) is 11.4. The summed E-state index contributed by atoms with van der Waals surface area (Å²) in [7, 11) is -1.75. The van der Waals surface area contributed by atoms with Gasteiger partial charge in [-0.15, -0.1) is 0 Å². The highest BCUT2D eigenvalue weighted by Gasteiger charge is 2.15. The summed E-state index contributed by atoms with van der Waals surface area (Å²) in [5.41, 5.74) is 1.97. The molecule has 130 valence electrons. The molecule has 0 atom stereocenters. The van der Waals surface area contributed by atoms with E-state index in [1.54, 1.807) is 37.6 Å². The Morgan fingerprint density at radius 3 is 2.67 bits per heavy atom. The molecule has 0 spiro atoms. The predicted octanol–water partition coefficient (Wildman–Crippen LogP) is 3.89. The van der Waals surface area contributed by atoms with Crippen molar-refractivity contribution in [3.63, 3.8) is 0 Å². The number of pyridine rings is 1. The maximum atomic E-state index is 11.8. The first-order valence-electron chi connectivity index (χ1n) is 7.32. The summed E-state index contributed by atoms with van der Waals surface area (Å²) < 4.78 is 31.4. The van der Waals surface area contributed by atoms with Crippen molar-refractivity contribution in [3.05, 3.63) is 46.2 Å². The fourth-order valence-electron chi connectivity index (χ4n) is 2.23. The molecule has 0 unspecified atom stereocenters. The van der Waals surface area contributed by atoms with Crippen LogP contribution in [0.3, 0.4) is 0 Å². The Balaban J connectivity index is 2.33. The topological polar surface area (TPSA) is 68.3 Å². The molecule has 1 heterocycles. The second-order valence-corrected chi connectivity index (χ2v) is 7.83. The molecule has 1 aromatic heterocycles. The number of nitrogens with one attached hydrogen (secondary N) is 1. The summed E-state index contributed by atoms with van der Waals surface area (Å²) in [6.07, 6.45) is 2.15. The predicted molar refractivity (Wildman–Crippen MR) is 97.2 cm³/mol. The van der Waals surface area contributed by atoms with E-state index in [0.717, 1.165) is 5.56 Å². The van der Waals surface area contributed by atoms with Crippen molar-refractivity contribution in [2.45, 2.75) is 19.9 Å². The molecule has 0 saturated heterocycles. The van der Waals surface area contributed by atoms with Crippen molar-refractivity contribution < 1.29 is 13.2 Å². The van der Waals surface area contributed by atoms with E-state index < -0.39 is 10.0 Å². The number of methoxy groups -OCH3 is 1. The Bertz CT molecular complexity index is 826. The van der Waals surface area contributed by atoms with Gasteiger partial charge in [0.25, 0.3) is 0 Å². The summed E-state index contributed by atoms with van der Waals surface area (Å²) >= 11 is 12.4. The number of halogens is 2. The number of nitrogens with zero attached hydrogens (tertiary/aromatic N) is 1. The Labute approximate surface area is 152 Å². The number of benzene rings is 1. The summed E-state index contributed by atoms with van der Waals surface area (Å²) in [5, 5.41) is 0.786. The van der Waals surface area contributed by atoms with Gasteiger partial charge in [0.05, 0.1) is 35.1 Å². The van der Waals surface area contributed by atoms with Gasteiger partial charge in [0, 0.05) is 11.8 Å². The van der Waals surface area contributed by atoms with Crippen LogP contribution in [-0.4, -0.2) is 26.3 Å². The lowest BCUT2D eigenvalue weighted by molar-refractivity contribution is 0.416. The normalized spacial score (nSPS) is 11.5. The number of hydrogen-bond acceptors (Lipinski definition) is 4. The zero-order valence-electron chi connectivity index (χ0n) is 13.3. The van der Waals surface area contributed by atoms with Gasteiger partial charge in [0.15, 0.2) is 0 Å². The molecule has 8 heteroatoms. The second kappa shape index (κ2) is 8.16. The van der Waals surface area contributed by atoms with E-state index in [2.05, 4.69) is 9.71 Å². The highest BCUT2D eigenvalue weighted by atomic mass is 35.5. The van der Waals surface area contributed by atoms with E-state index in [0.29, 0.717) is 33.5 Å². The molecule has 0 aliphatic rings. The fraction of sp³-hybridized carbons (Fsp3) is 0.312. The van der Waals surface area contributed by atoms with Gasteiger partial charge >= 0.3 is 0 Å². The highest BCUT2D eigenvalue weighted by Crippen LogP contribution is 2.40. The maximum Gasteiger partial charge on any atom is 0.211 e. The van der Waals surface area contributed by atoms with E-state index in [1.165, 1.54) is 0 Å². The van der Waals surface area contributed by atoms with Gasteiger partial charge in [-0.25, -0.2) is 13.1 Å². The lowest BCUT2D eigenvalue weighted by atomic mass is 10.0. The molecule has 0 amide bonds. The average Bonchev–Trinajstić information content (AvgIpc) is 2.55. The second-order valence-electron chi connectivity index (χ2n) is 5.11. The van der Waals surface area contributed by atoms with Gasteiger partial charge in [-0.1, -0.05) is 30.1 Å². The lowest BCUT2D eigenvalue weighted by Gasteiger charge is -2.13. The minimum absolute atomic E-state index is 0.0840. The molecule has 5 nitrogen and oxygen atoms in total. The van der Waals surface area contributed by atoms with Crippen molar-refractivity contribution in [3.8, 4) is 16.9 Å². The minimum Gasteiger partial charge on any atom is -0.496 e. The quantitative estimate of drug-likeness (QED) is 0.780. The number of aromatic nitrogens is 1. The van der Waals surface area contributed by atoms with Crippen molar-refractivity contribution in [1.82, 2.24) is 9.71 Å². The first-order valence-corrected chi connectivity index (χ1v) is 9.73. The average molecular weight is 389 g/mol. The standard InChI is InChI=1S/C16H18Cl2N2O3S/c1-3-8-24(21,22)20-10-12-9-11(6-7-19-12)15-14(23-2)5-4-13(17)16(15)18/h4-7,9,20H,3,8,10H2,1-2H3. The number of rotatable bonds is 7. The monoisotopic (exact) mass is 388 g/mol. The third-order valence-electron chi connectivity index (χ3n) is 3.33. The van der Waals surface area contributed by atoms with Gasteiger partial charge in [0.1, 0.15) is 5.75 Å². The minimum atomic E-state index is -3.30. The highest BCUT2D eigenvalue weighted by molar-refractivity contribution is 7.89. The largest absolute Gasteiger partial charge is 0.496 e. The molecule has 1 aromatic carbocycles. The third-order valence-corrected chi connectivity index (χ3v) is 5.66. The first kappa shape index (κ1) is 19.0. The molecule has 2 aromatic rings. The van der Waals surface area contributed by atoms with Crippen LogP contribution in [0.25, 0.3) is 11.1 Å². The van der Waals surface area contributed by atoms with E-state index in [4.69, 9.17) is 27.9 Å². The van der Waals surface area contributed by atoms with Crippen LogP contribution in [0.15, 0.2) is 30.5 Å². The Kier molecular flexibility index (Phi) is 6.46. The van der Waals surface area contributed by atoms with Crippen LogP contribution in [0, 0.1) is 0 Å². The van der Waals surface area contributed by atoms with Crippen LogP contribution in [0.1, 0.15) is 19.0 Å². The van der Waals surface area contributed by atoms with Crippen molar-refractivity contribution in [2.75, 3.05) is 12.9 Å². The van der Waals surface area contributed by atoms with Gasteiger partial charge in [-0.3, -0.25) is 4.98 Å². The van der Waals surface area contributed by atoms with E-state index in [1.807, 2.05) is 6.92 Å². The molecule has 0 aliphatic heterocycles. The third kappa shape index (κ3) is 4.60. The molecular weight excluding hydrogens is 371 g/mol. The zero-order valence-corrected chi connectivity index (χ0v) is 15.7. The van der Waals surface area contributed by atoms with Gasteiger partial charge < -0.3 is 4.74 Å². The zero-order chi connectivity index (χ0) is 17.7. The number of ether oxygens (including phenoxy) is 1. The fourth-order valence-corrected chi connectivity index (χ4v) is 3.70. The van der Waals surface area contributed by atoms with E-state index >= 15 is 0 Å². The summed E-state index contributed by atoms with van der Waals surface area (Å²) in [6.45, 7) is 1.92. The summed E-state index contributed by atoms with van der Waals surface area (Å²) in [4.78, 5) is 4.19. The van der Waals surface area contributed by atoms with Crippen molar-refractivity contribution in [1.29, 1.82) is 0 Å². The van der Waals surface area contributed by atoms with Crippen LogP contribution >= 0.6 is 23.2 Å². The van der Waals surface area contributed by atoms with E-state index in [-0.39, 0.29) is 12.3 Å². The number of hydrogen-bond donors (Lipinski definition) is 1. The Hall–Kier alpha value is -1.34. The van der Waals surface area contributed by atoms with Crippen LogP contribution in [0.5, 0.6) is 5.75 Å². The Morgan fingerprint density at radius 1 is 1.25 bits per heavy atom. The SMILES string of the molecule is CCCS(=O)(=O)NCc1cc(-c2c(OC)ccc(Cl)c2Cl)ccn1. The molecule has 0 aliphatic carbocycles. The number of sulfonamides is 1. The van der Waals surface area contributed by atoms with Crippen molar-refractivity contribution in [2.24, 2.45) is 0 Å². The molecule has 0 bridgehead atoms. The maximum absolute atomic E-state index is 11.8. The van der Waals surface area contributed by atoms with E-state index in [9.17, 15) is 8.42 Å². The van der Waals surface area contributed by atoms with Gasteiger partial charge in [-0.2, -0.15) is 0 Å². The van der Waals surface area contributed by atoms with Crippen LogP contribution < -0.4 is 9.46 Å². The van der Waals surface area contributed by atoms with Crippen LogP contribution in [-0.2, 0) is 16.6 Å². The van der Waals surface area contributed by atoms with Crippen LogP contribution in [0.2, 0.25) is 10.0 Å². The summed E-state index contributed by atoms with van der Waals surface area (Å²) in [6, 6.07) is 6.92. The lowest BCUT2D eigenvalue weighted by Crippen LogP contribution is -2.26. The van der Waals surface area contributed by atoms with Crippen molar-refractivity contribution >= 4 is 33.2 Å². The van der Waals surface area contributed by atoms with Gasteiger partial charge in [0.2, 0.25) is 10.0 Å². The molecule has 24 heavy (non-hydrogen) atoms. The summed E-state index contributed by atoms with van der Waals surface area (Å²) in [5.74, 6) is 0.661. The Morgan fingerprint density at radius 2 is 2.00 bits per heavy atom. The molecular formula is C16H18Cl2N2O3S. The van der Waals surface area contributed by atoms with Gasteiger partial charge in [-0.05, 0) is 36.2 Å². The van der Waals surface area contributed by atoms with Crippen LogP contribution in [0.4, 0.5) is 0 Å². The molecule has 0 radical (unpaired) electrons. The molecule has 0 saturated carbocycles. The molecule has 1 N–H and O–H groups in total. The molecule has 2 rings (SSSR count). The smallest absolute Gasteiger partial charge is 0.211 e. The molecule has 0 fully saturated rings.